The van der Waals surface area contributed by atoms with Gasteiger partial charge in [0.1, 0.15) is 0 Å². The molecule has 1 saturated carbocycles. The van der Waals surface area contributed by atoms with E-state index in [4.69, 9.17) is 4.42 Å². The number of nitrogens with zero attached hydrogens (tertiary/aromatic N) is 1. The van der Waals surface area contributed by atoms with Gasteiger partial charge in [0.05, 0.1) is 12.8 Å². The molecule has 0 spiro atoms. The number of nitrogens with one attached hydrogen (secondary N) is 2. The topological polar surface area (TPSA) is 91.7 Å². The third-order valence-corrected chi connectivity index (χ3v) is 5.52. The van der Waals surface area contributed by atoms with E-state index < -0.39 is 0 Å². The molecule has 1 aromatic rings. The average molecular weight is 375 g/mol. The third kappa shape index (κ3) is 5.84. The number of amides is 3. The zero-order valence-electron chi connectivity index (χ0n) is 15.7. The molecule has 2 N–H and O–H groups in total. The summed E-state index contributed by atoms with van der Waals surface area (Å²) in [6.07, 6.45) is 9.35. The van der Waals surface area contributed by atoms with Gasteiger partial charge in [-0.2, -0.15) is 0 Å². The van der Waals surface area contributed by atoms with E-state index in [9.17, 15) is 14.4 Å². The monoisotopic (exact) mass is 375 g/mol. The highest BCUT2D eigenvalue weighted by atomic mass is 16.3. The Labute approximate surface area is 159 Å². The second kappa shape index (κ2) is 9.58. The number of hydrogen-bond donors (Lipinski definition) is 2. The second-order valence-electron chi connectivity index (χ2n) is 7.60. The molecule has 148 valence electrons. The molecular weight excluding hydrogens is 346 g/mol. The molecule has 0 radical (unpaired) electrons. The highest BCUT2D eigenvalue weighted by molar-refractivity contribution is 5.91. The van der Waals surface area contributed by atoms with Crippen LogP contribution in [-0.4, -0.2) is 48.3 Å². The number of piperidine rings is 1. The van der Waals surface area contributed by atoms with Crippen LogP contribution in [-0.2, 0) is 9.59 Å². The summed E-state index contributed by atoms with van der Waals surface area (Å²) in [4.78, 5) is 38.1. The fourth-order valence-electron chi connectivity index (χ4n) is 3.97. The predicted molar refractivity (Wildman–Crippen MR) is 100.0 cm³/mol. The largest absolute Gasteiger partial charge is 0.459 e. The summed E-state index contributed by atoms with van der Waals surface area (Å²) < 4.78 is 5.15. The number of likely N-dealkylation sites (tertiary alicyclic amines) is 1. The van der Waals surface area contributed by atoms with Gasteiger partial charge in [0.15, 0.2) is 5.76 Å². The van der Waals surface area contributed by atoms with Crippen LogP contribution in [0.2, 0.25) is 0 Å². The summed E-state index contributed by atoms with van der Waals surface area (Å²) >= 11 is 0. The van der Waals surface area contributed by atoms with Gasteiger partial charge >= 0.3 is 0 Å². The van der Waals surface area contributed by atoms with Crippen molar-refractivity contribution in [3.8, 4) is 0 Å². The van der Waals surface area contributed by atoms with E-state index in [1.54, 1.807) is 17.0 Å². The smallest absolute Gasteiger partial charge is 0.289 e. The molecular formula is C20H29N3O4. The van der Waals surface area contributed by atoms with Gasteiger partial charge in [-0.15, -0.1) is 0 Å². The van der Waals surface area contributed by atoms with Gasteiger partial charge in [-0.25, -0.2) is 0 Å². The molecule has 2 fully saturated rings. The molecule has 0 bridgehead atoms. The van der Waals surface area contributed by atoms with Crippen molar-refractivity contribution in [3.63, 3.8) is 0 Å². The minimum atomic E-state index is -0.164. The fraction of sp³-hybridized carbons (Fsp3) is 0.650. The zero-order chi connectivity index (χ0) is 19.1. The lowest BCUT2D eigenvalue weighted by atomic mass is 9.87. The molecule has 2 heterocycles. The Balaban J connectivity index is 1.32. The van der Waals surface area contributed by atoms with E-state index in [0.717, 1.165) is 12.8 Å². The maximum atomic E-state index is 12.2. The Morgan fingerprint density at radius 2 is 1.78 bits per heavy atom. The molecule has 1 aliphatic heterocycles. The zero-order valence-corrected chi connectivity index (χ0v) is 15.7. The molecule has 27 heavy (non-hydrogen) atoms. The highest BCUT2D eigenvalue weighted by Crippen LogP contribution is 2.26. The van der Waals surface area contributed by atoms with E-state index in [1.165, 1.54) is 25.5 Å². The number of carbonyl (C=O) groups excluding carboxylic acids is 3. The molecule has 0 aromatic carbocycles. The van der Waals surface area contributed by atoms with Crippen molar-refractivity contribution in [2.45, 2.75) is 57.4 Å². The highest BCUT2D eigenvalue weighted by Gasteiger charge is 2.26. The molecule has 0 unspecified atom stereocenters. The summed E-state index contributed by atoms with van der Waals surface area (Å²) in [6.45, 7) is 1.19. The normalized spacial score (nSPS) is 18.9. The number of furan rings is 1. The molecule has 0 atom stereocenters. The van der Waals surface area contributed by atoms with Gasteiger partial charge in [0.25, 0.3) is 5.91 Å². The van der Waals surface area contributed by atoms with Crippen molar-refractivity contribution in [2.24, 2.45) is 5.92 Å². The van der Waals surface area contributed by atoms with E-state index in [1.807, 2.05) is 0 Å². The van der Waals surface area contributed by atoms with Crippen molar-refractivity contribution in [3.05, 3.63) is 24.2 Å². The Hall–Kier alpha value is -2.31. The van der Waals surface area contributed by atoms with Crippen LogP contribution < -0.4 is 10.6 Å². The molecule has 1 aliphatic carbocycles. The van der Waals surface area contributed by atoms with Gasteiger partial charge in [-0.1, -0.05) is 19.3 Å². The minimum Gasteiger partial charge on any atom is -0.459 e. The third-order valence-electron chi connectivity index (χ3n) is 5.52. The Morgan fingerprint density at radius 3 is 2.44 bits per heavy atom. The van der Waals surface area contributed by atoms with Crippen LogP contribution in [0, 0.1) is 5.92 Å². The quantitative estimate of drug-likeness (QED) is 0.796. The summed E-state index contributed by atoms with van der Waals surface area (Å²) in [5.74, 6) is 0.509. The minimum absolute atomic E-state index is 0.0249. The first-order chi connectivity index (χ1) is 13.1. The van der Waals surface area contributed by atoms with Gasteiger partial charge in [-0.05, 0) is 43.7 Å². The lowest BCUT2D eigenvalue weighted by molar-refractivity contribution is -0.127. The second-order valence-corrected chi connectivity index (χ2v) is 7.60. The SMILES string of the molecule is O=C(CC1CCCCC1)NCC(=O)NC1CCN(C(=O)c2ccco2)CC1. The Morgan fingerprint density at radius 1 is 1.04 bits per heavy atom. The molecule has 7 nitrogen and oxygen atoms in total. The van der Waals surface area contributed by atoms with Crippen LogP contribution >= 0.6 is 0 Å². The van der Waals surface area contributed by atoms with Gasteiger partial charge in [0.2, 0.25) is 11.8 Å². The van der Waals surface area contributed by atoms with Crippen molar-refractivity contribution in [1.82, 2.24) is 15.5 Å². The fourth-order valence-corrected chi connectivity index (χ4v) is 3.97. The first-order valence-corrected chi connectivity index (χ1v) is 10.0. The van der Waals surface area contributed by atoms with Crippen LogP contribution in [0.3, 0.4) is 0 Å². The van der Waals surface area contributed by atoms with Crippen LogP contribution in [0.15, 0.2) is 22.8 Å². The molecule has 3 rings (SSSR count). The maximum Gasteiger partial charge on any atom is 0.289 e. The van der Waals surface area contributed by atoms with Gasteiger partial charge < -0.3 is 20.0 Å². The number of carbonyl (C=O) groups is 3. The maximum absolute atomic E-state index is 12.2. The Bertz CT molecular complexity index is 630. The van der Waals surface area contributed by atoms with E-state index in [0.29, 0.717) is 44.0 Å². The standard InChI is InChI=1S/C20H29N3O4/c24-18(13-15-5-2-1-3-6-15)21-14-19(25)22-16-8-10-23(11-9-16)20(26)17-7-4-12-27-17/h4,7,12,15-16H,1-3,5-6,8-11,13-14H2,(H,21,24)(H,22,25). The summed E-state index contributed by atoms with van der Waals surface area (Å²) in [7, 11) is 0. The molecule has 7 heteroatoms. The first kappa shape index (κ1) is 19.5. The lowest BCUT2D eigenvalue weighted by Gasteiger charge is -2.31. The molecule has 3 amide bonds. The molecule has 1 saturated heterocycles. The van der Waals surface area contributed by atoms with Gasteiger partial charge in [0, 0.05) is 25.6 Å². The number of hydrogen-bond acceptors (Lipinski definition) is 4. The summed E-state index contributed by atoms with van der Waals surface area (Å²) in [5.41, 5.74) is 0. The first-order valence-electron chi connectivity index (χ1n) is 10.0. The van der Waals surface area contributed by atoms with Gasteiger partial charge in [-0.3, -0.25) is 14.4 Å². The van der Waals surface area contributed by atoms with Crippen molar-refractivity contribution in [2.75, 3.05) is 19.6 Å². The van der Waals surface area contributed by atoms with Crippen molar-refractivity contribution >= 4 is 17.7 Å². The molecule has 1 aromatic heterocycles. The average Bonchev–Trinajstić information content (AvgIpc) is 3.22. The van der Waals surface area contributed by atoms with E-state index in [-0.39, 0.29) is 30.3 Å². The van der Waals surface area contributed by atoms with Crippen LogP contribution in [0.25, 0.3) is 0 Å². The summed E-state index contributed by atoms with van der Waals surface area (Å²) in [6, 6.07) is 3.39. The van der Waals surface area contributed by atoms with Crippen molar-refractivity contribution < 1.29 is 18.8 Å². The predicted octanol–water partition coefficient (Wildman–Crippen LogP) is 2.09. The van der Waals surface area contributed by atoms with E-state index >= 15 is 0 Å². The Kier molecular flexibility index (Phi) is 6.90. The van der Waals surface area contributed by atoms with E-state index in [2.05, 4.69) is 10.6 Å². The van der Waals surface area contributed by atoms with Crippen LogP contribution in [0.1, 0.15) is 61.9 Å². The molecule has 2 aliphatic rings. The lowest BCUT2D eigenvalue weighted by Crippen LogP contribution is -2.48. The van der Waals surface area contributed by atoms with Crippen molar-refractivity contribution in [1.29, 1.82) is 0 Å². The van der Waals surface area contributed by atoms with Crippen LogP contribution in [0.4, 0.5) is 0 Å². The summed E-state index contributed by atoms with van der Waals surface area (Å²) in [5, 5.41) is 5.69. The number of rotatable bonds is 6. The van der Waals surface area contributed by atoms with Crippen LogP contribution in [0.5, 0.6) is 0 Å².